The van der Waals surface area contributed by atoms with Crippen LogP contribution in [0.1, 0.15) is 65.3 Å². The number of esters is 1. The number of carbonyl (C=O) groups is 2. The van der Waals surface area contributed by atoms with Crippen LogP contribution in [0.15, 0.2) is 48.5 Å². The van der Waals surface area contributed by atoms with Gasteiger partial charge in [0.1, 0.15) is 5.75 Å². The van der Waals surface area contributed by atoms with E-state index >= 15 is 0 Å². The van der Waals surface area contributed by atoms with Crippen LogP contribution in [-0.4, -0.2) is 29.1 Å². The standard InChI is InChI=1S/C22H23F3O4/c1-2-3-4-5-6-19(22(23,24)25)29-21(28)17-9-7-15(8-10-17)20(27)16-11-13-18(26)14-12-16/h7-14,19,26H,2-6H2,1H3/t19-/m1/s1. The molecule has 0 aromatic heterocycles. The number of phenols is 1. The average molecular weight is 408 g/mol. The minimum absolute atomic E-state index is 0.0218. The fourth-order valence-corrected chi connectivity index (χ4v) is 2.78. The van der Waals surface area contributed by atoms with Crippen LogP contribution in [0, 0.1) is 0 Å². The average Bonchev–Trinajstić information content (AvgIpc) is 2.69. The number of phenolic OH excluding ortho intramolecular Hbond substituents is 1. The number of alkyl halides is 3. The molecule has 1 atom stereocenters. The van der Waals surface area contributed by atoms with Gasteiger partial charge >= 0.3 is 12.1 Å². The molecule has 0 radical (unpaired) electrons. The molecule has 0 amide bonds. The first-order chi connectivity index (χ1) is 13.7. The fraction of sp³-hybridized carbons (Fsp3) is 0.364. The van der Waals surface area contributed by atoms with Crippen LogP contribution in [0.4, 0.5) is 13.2 Å². The lowest BCUT2D eigenvalue weighted by Crippen LogP contribution is -2.33. The summed E-state index contributed by atoms with van der Waals surface area (Å²) in [6.07, 6.45) is -4.35. The summed E-state index contributed by atoms with van der Waals surface area (Å²) in [5.74, 6) is -1.39. The van der Waals surface area contributed by atoms with Gasteiger partial charge in [0.2, 0.25) is 0 Å². The number of carbonyl (C=O) groups excluding carboxylic acids is 2. The quantitative estimate of drug-likeness (QED) is 0.329. The van der Waals surface area contributed by atoms with E-state index in [2.05, 4.69) is 0 Å². The van der Waals surface area contributed by atoms with E-state index < -0.39 is 18.2 Å². The Morgan fingerprint density at radius 3 is 1.93 bits per heavy atom. The van der Waals surface area contributed by atoms with Crippen molar-refractivity contribution >= 4 is 11.8 Å². The minimum atomic E-state index is -4.63. The van der Waals surface area contributed by atoms with E-state index in [1.54, 1.807) is 0 Å². The summed E-state index contributed by atoms with van der Waals surface area (Å²) in [6.45, 7) is 1.96. The molecular weight excluding hydrogens is 385 g/mol. The summed E-state index contributed by atoms with van der Waals surface area (Å²) < 4.78 is 44.2. The molecule has 0 heterocycles. The van der Waals surface area contributed by atoms with Gasteiger partial charge in [-0.2, -0.15) is 13.2 Å². The molecule has 0 unspecified atom stereocenters. The van der Waals surface area contributed by atoms with Gasteiger partial charge in [0.05, 0.1) is 5.56 Å². The van der Waals surface area contributed by atoms with Gasteiger partial charge in [-0.1, -0.05) is 38.3 Å². The summed E-state index contributed by atoms with van der Waals surface area (Å²) in [6, 6.07) is 10.9. The van der Waals surface area contributed by atoms with E-state index in [-0.39, 0.29) is 29.1 Å². The Morgan fingerprint density at radius 2 is 1.41 bits per heavy atom. The molecule has 0 fully saturated rings. The zero-order valence-corrected chi connectivity index (χ0v) is 16.0. The largest absolute Gasteiger partial charge is 0.508 e. The monoisotopic (exact) mass is 408 g/mol. The molecule has 1 N–H and O–H groups in total. The molecular formula is C22H23F3O4. The zero-order chi connectivity index (χ0) is 21.4. The number of ketones is 1. The van der Waals surface area contributed by atoms with Gasteiger partial charge in [0, 0.05) is 11.1 Å². The highest BCUT2D eigenvalue weighted by Crippen LogP contribution is 2.28. The van der Waals surface area contributed by atoms with E-state index in [1.165, 1.54) is 48.5 Å². The summed E-state index contributed by atoms with van der Waals surface area (Å²) in [7, 11) is 0. The smallest absolute Gasteiger partial charge is 0.425 e. The number of aromatic hydroxyl groups is 1. The fourth-order valence-electron chi connectivity index (χ4n) is 2.78. The Bertz CT molecular complexity index is 811. The second kappa shape index (κ2) is 10.1. The number of hydrogen-bond donors (Lipinski definition) is 1. The number of benzene rings is 2. The van der Waals surface area contributed by atoms with Gasteiger partial charge in [-0.25, -0.2) is 4.79 Å². The molecule has 2 rings (SSSR count). The normalized spacial score (nSPS) is 12.4. The van der Waals surface area contributed by atoms with Crippen LogP contribution in [0.25, 0.3) is 0 Å². The third-order valence-electron chi connectivity index (χ3n) is 4.45. The lowest BCUT2D eigenvalue weighted by molar-refractivity contribution is -0.206. The number of rotatable bonds is 9. The molecule has 2 aromatic carbocycles. The maximum absolute atomic E-state index is 13.2. The highest BCUT2D eigenvalue weighted by molar-refractivity contribution is 6.09. The Hall–Kier alpha value is -2.83. The number of ether oxygens (including phenoxy) is 1. The van der Waals surface area contributed by atoms with Crippen LogP contribution in [0.3, 0.4) is 0 Å². The van der Waals surface area contributed by atoms with E-state index in [0.29, 0.717) is 18.4 Å². The number of hydrogen-bond acceptors (Lipinski definition) is 4. The summed E-state index contributed by atoms with van der Waals surface area (Å²) in [5, 5.41) is 9.27. The lowest BCUT2D eigenvalue weighted by Gasteiger charge is -2.20. The van der Waals surface area contributed by atoms with Crippen molar-refractivity contribution in [3.63, 3.8) is 0 Å². The highest BCUT2D eigenvalue weighted by atomic mass is 19.4. The van der Waals surface area contributed by atoms with Gasteiger partial charge in [0.15, 0.2) is 11.9 Å². The molecule has 0 spiro atoms. The molecule has 2 aromatic rings. The van der Waals surface area contributed by atoms with Crippen LogP contribution in [-0.2, 0) is 4.74 Å². The molecule has 29 heavy (non-hydrogen) atoms. The van der Waals surface area contributed by atoms with Crippen LogP contribution in [0.5, 0.6) is 5.75 Å². The molecule has 0 aliphatic heterocycles. The molecule has 0 aliphatic rings. The number of halogens is 3. The summed E-state index contributed by atoms with van der Waals surface area (Å²) in [5.41, 5.74) is 0.539. The molecule has 0 saturated heterocycles. The third kappa shape index (κ3) is 6.62. The molecule has 7 heteroatoms. The molecule has 156 valence electrons. The van der Waals surface area contributed by atoms with Gasteiger partial charge in [0.25, 0.3) is 0 Å². The van der Waals surface area contributed by atoms with Crippen molar-refractivity contribution in [3.05, 3.63) is 65.2 Å². The minimum Gasteiger partial charge on any atom is -0.508 e. The van der Waals surface area contributed by atoms with Crippen molar-refractivity contribution in [1.29, 1.82) is 0 Å². The van der Waals surface area contributed by atoms with E-state index in [4.69, 9.17) is 4.74 Å². The SMILES string of the molecule is CCCCCC[C@@H](OC(=O)c1ccc(C(=O)c2ccc(O)cc2)cc1)C(F)(F)F. The second-order valence-electron chi connectivity index (χ2n) is 6.74. The van der Waals surface area contributed by atoms with Gasteiger partial charge in [-0.15, -0.1) is 0 Å². The molecule has 4 nitrogen and oxygen atoms in total. The maximum atomic E-state index is 13.2. The zero-order valence-electron chi connectivity index (χ0n) is 16.0. The molecule has 0 saturated carbocycles. The second-order valence-corrected chi connectivity index (χ2v) is 6.74. The van der Waals surface area contributed by atoms with E-state index in [1.807, 2.05) is 6.92 Å². The topological polar surface area (TPSA) is 63.6 Å². The third-order valence-corrected chi connectivity index (χ3v) is 4.45. The number of unbranched alkanes of at least 4 members (excludes halogenated alkanes) is 3. The summed E-state index contributed by atoms with van der Waals surface area (Å²) in [4.78, 5) is 24.5. The van der Waals surface area contributed by atoms with Gasteiger partial charge < -0.3 is 9.84 Å². The van der Waals surface area contributed by atoms with Crippen molar-refractivity contribution in [1.82, 2.24) is 0 Å². The Morgan fingerprint density at radius 1 is 0.897 bits per heavy atom. The van der Waals surface area contributed by atoms with Crippen LogP contribution < -0.4 is 0 Å². The summed E-state index contributed by atoms with van der Waals surface area (Å²) >= 11 is 0. The van der Waals surface area contributed by atoms with Gasteiger partial charge in [-0.05, 0) is 49.2 Å². The van der Waals surface area contributed by atoms with E-state index in [0.717, 1.165) is 12.8 Å². The van der Waals surface area contributed by atoms with Crippen molar-refractivity contribution in [3.8, 4) is 5.75 Å². The predicted molar refractivity (Wildman–Crippen MR) is 102 cm³/mol. The Labute approximate surface area is 167 Å². The van der Waals surface area contributed by atoms with E-state index in [9.17, 15) is 27.9 Å². The Kier molecular flexibility index (Phi) is 7.82. The first-order valence-electron chi connectivity index (χ1n) is 9.44. The van der Waals surface area contributed by atoms with Crippen LogP contribution in [0.2, 0.25) is 0 Å². The van der Waals surface area contributed by atoms with Crippen molar-refractivity contribution < 1.29 is 32.6 Å². The maximum Gasteiger partial charge on any atom is 0.425 e. The van der Waals surface area contributed by atoms with Crippen molar-refractivity contribution in [2.45, 2.75) is 51.3 Å². The van der Waals surface area contributed by atoms with Crippen molar-refractivity contribution in [2.75, 3.05) is 0 Å². The first kappa shape index (κ1) is 22.5. The van der Waals surface area contributed by atoms with Gasteiger partial charge in [-0.3, -0.25) is 4.79 Å². The molecule has 0 bridgehead atoms. The lowest BCUT2D eigenvalue weighted by atomic mass is 10.0. The van der Waals surface area contributed by atoms with Crippen molar-refractivity contribution in [2.24, 2.45) is 0 Å². The molecule has 0 aliphatic carbocycles. The Balaban J connectivity index is 2.04. The first-order valence-corrected chi connectivity index (χ1v) is 9.44. The highest BCUT2D eigenvalue weighted by Gasteiger charge is 2.42. The predicted octanol–water partition coefficient (Wildman–Crippen LogP) is 5.68. The van der Waals surface area contributed by atoms with Crippen LogP contribution >= 0.6 is 0 Å².